The Hall–Kier alpha value is -2.44. The minimum absolute atomic E-state index is 0.300. The molecule has 0 saturated heterocycles. The molecular formula is C17H17N3O2S. The van der Waals surface area contributed by atoms with Crippen molar-refractivity contribution in [1.82, 2.24) is 15.4 Å². The summed E-state index contributed by atoms with van der Waals surface area (Å²) in [6.07, 6.45) is 7.75. The van der Waals surface area contributed by atoms with Gasteiger partial charge in [0.05, 0.1) is 5.69 Å². The van der Waals surface area contributed by atoms with Gasteiger partial charge in [-0.25, -0.2) is 10.5 Å². The molecule has 5 nitrogen and oxygen atoms in total. The number of thiazole rings is 1. The van der Waals surface area contributed by atoms with E-state index in [-0.39, 0.29) is 5.91 Å². The average Bonchev–Trinajstić information content (AvgIpc) is 3.19. The third kappa shape index (κ3) is 3.85. The second-order valence-corrected chi connectivity index (χ2v) is 6.08. The van der Waals surface area contributed by atoms with Gasteiger partial charge in [0.2, 0.25) is 5.91 Å². The van der Waals surface area contributed by atoms with Crippen molar-refractivity contribution in [3.63, 3.8) is 0 Å². The molecule has 3 N–H and O–H groups in total. The molecule has 6 heteroatoms. The number of hydrogen-bond acceptors (Lipinski definition) is 4. The molecule has 0 spiro atoms. The fourth-order valence-electron chi connectivity index (χ4n) is 2.39. The number of benzene rings is 1. The van der Waals surface area contributed by atoms with E-state index in [1.54, 1.807) is 16.8 Å². The van der Waals surface area contributed by atoms with Crippen molar-refractivity contribution in [2.75, 3.05) is 0 Å². The molecule has 0 aliphatic rings. The van der Waals surface area contributed by atoms with Crippen LogP contribution in [0.4, 0.5) is 0 Å². The molecular weight excluding hydrogens is 310 g/mol. The molecule has 2 heterocycles. The van der Waals surface area contributed by atoms with Crippen molar-refractivity contribution < 1.29 is 10.0 Å². The number of aryl methyl sites for hydroxylation is 1. The van der Waals surface area contributed by atoms with Gasteiger partial charge in [0.1, 0.15) is 5.01 Å². The molecule has 0 radical (unpaired) electrons. The number of aromatic nitrogens is 2. The summed E-state index contributed by atoms with van der Waals surface area (Å²) in [4.78, 5) is 18.7. The van der Waals surface area contributed by atoms with Crippen molar-refractivity contribution in [1.29, 1.82) is 0 Å². The zero-order valence-corrected chi connectivity index (χ0v) is 13.3. The lowest BCUT2D eigenvalue weighted by atomic mass is 10.1. The van der Waals surface area contributed by atoms with E-state index in [9.17, 15) is 4.79 Å². The van der Waals surface area contributed by atoms with Crippen LogP contribution in [0, 0.1) is 0 Å². The van der Waals surface area contributed by atoms with Crippen LogP contribution in [-0.4, -0.2) is 21.1 Å². The first-order valence-corrected chi connectivity index (χ1v) is 8.26. The van der Waals surface area contributed by atoms with Crippen LogP contribution in [-0.2, 0) is 11.2 Å². The molecule has 1 amide bonds. The van der Waals surface area contributed by atoms with Gasteiger partial charge < -0.3 is 4.98 Å². The van der Waals surface area contributed by atoms with Gasteiger partial charge >= 0.3 is 0 Å². The van der Waals surface area contributed by atoms with Crippen LogP contribution in [0.2, 0.25) is 0 Å². The summed E-state index contributed by atoms with van der Waals surface area (Å²) in [6, 6.07) is 8.18. The molecule has 1 aromatic carbocycles. The molecule has 0 saturated carbocycles. The number of para-hydroxylation sites is 1. The largest absolute Gasteiger partial charge is 0.361 e. The van der Waals surface area contributed by atoms with E-state index in [0.29, 0.717) is 12.8 Å². The van der Waals surface area contributed by atoms with E-state index < -0.39 is 0 Å². The second kappa shape index (κ2) is 7.21. The first-order chi connectivity index (χ1) is 11.3. The van der Waals surface area contributed by atoms with Gasteiger partial charge in [-0.1, -0.05) is 18.2 Å². The van der Waals surface area contributed by atoms with Gasteiger partial charge in [0.15, 0.2) is 0 Å². The highest BCUT2D eigenvalue weighted by Gasteiger charge is 2.03. The topological polar surface area (TPSA) is 78.0 Å². The number of nitrogens with zero attached hydrogens (tertiary/aromatic N) is 1. The summed E-state index contributed by atoms with van der Waals surface area (Å²) in [5.41, 5.74) is 4.86. The quantitative estimate of drug-likeness (QED) is 0.478. The first kappa shape index (κ1) is 15.5. The summed E-state index contributed by atoms with van der Waals surface area (Å²) < 4.78 is 0. The van der Waals surface area contributed by atoms with E-state index in [1.807, 2.05) is 29.8 Å². The van der Waals surface area contributed by atoms with E-state index in [4.69, 9.17) is 5.21 Å². The minimum Gasteiger partial charge on any atom is -0.361 e. The smallest absolute Gasteiger partial charge is 0.243 e. The van der Waals surface area contributed by atoms with Gasteiger partial charge in [-0.3, -0.25) is 10.0 Å². The number of rotatable bonds is 6. The standard InChI is InChI=1S/C17H17N3O2S/c21-16(20-22)7-3-4-13-11-23-17(19-13)9-8-12-10-18-15-6-2-1-5-14(12)15/h1-2,5-6,8-11,18,22H,3-4,7H2,(H,20,21)/b9-8+. The summed E-state index contributed by atoms with van der Waals surface area (Å²) >= 11 is 1.58. The van der Waals surface area contributed by atoms with Crippen LogP contribution >= 0.6 is 11.3 Å². The van der Waals surface area contributed by atoms with Crippen molar-refractivity contribution in [3.8, 4) is 0 Å². The van der Waals surface area contributed by atoms with E-state index >= 15 is 0 Å². The molecule has 0 atom stereocenters. The Balaban J connectivity index is 1.63. The van der Waals surface area contributed by atoms with E-state index in [2.05, 4.69) is 28.2 Å². The van der Waals surface area contributed by atoms with Gasteiger partial charge in [-0.05, 0) is 36.6 Å². The highest BCUT2D eigenvalue weighted by Crippen LogP contribution is 2.21. The SMILES string of the molecule is O=C(CCCc1csc(/C=C/c2c[nH]c3ccccc23)n1)NO. The molecule has 0 aliphatic carbocycles. The van der Waals surface area contributed by atoms with Crippen LogP contribution in [0.15, 0.2) is 35.8 Å². The lowest BCUT2D eigenvalue weighted by molar-refractivity contribution is -0.129. The highest BCUT2D eigenvalue weighted by molar-refractivity contribution is 7.10. The van der Waals surface area contributed by atoms with Crippen LogP contribution in [0.5, 0.6) is 0 Å². The number of carbonyl (C=O) groups excluding carboxylic acids is 1. The van der Waals surface area contributed by atoms with Crippen molar-refractivity contribution >= 4 is 40.3 Å². The van der Waals surface area contributed by atoms with Crippen molar-refractivity contribution in [2.45, 2.75) is 19.3 Å². The number of H-pyrrole nitrogens is 1. The zero-order chi connectivity index (χ0) is 16.1. The van der Waals surface area contributed by atoms with Crippen LogP contribution < -0.4 is 5.48 Å². The molecule has 0 unspecified atom stereocenters. The van der Waals surface area contributed by atoms with Crippen LogP contribution in [0.1, 0.15) is 29.1 Å². The lowest BCUT2D eigenvalue weighted by Gasteiger charge is -1.96. The maximum Gasteiger partial charge on any atom is 0.243 e. The highest BCUT2D eigenvalue weighted by atomic mass is 32.1. The summed E-state index contributed by atoms with van der Waals surface area (Å²) in [6.45, 7) is 0. The number of carbonyl (C=O) groups is 1. The molecule has 3 rings (SSSR count). The number of amides is 1. The normalized spacial score (nSPS) is 11.3. The molecule has 2 aromatic heterocycles. The number of fused-ring (bicyclic) bond motifs is 1. The average molecular weight is 327 g/mol. The minimum atomic E-state index is -0.361. The first-order valence-electron chi connectivity index (χ1n) is 7.38. The third-order valence-corrected chi connectivity index (χ3v) is 4.42. The zero-order valence-electron chi connectivity index (χ0n) is 12.5. The molecule has 3 aromatic rings. The second-order valence-electron chi connectivity index (χ2n) is 5.19. The van der Waals surface area contributed by atoms with Crippen molar-refractivity contribution in [2.24, 2.45) is 0 Å². The van der Waals surface area contributed by atoms with E-state index in [1.165, 1.54) is 5.39 Å². The molecule has 0 fully saturated rings. The monoisotopic (exact) mass is 327 g/mol. The van der Waals surface area contributed by atoms with Crippen LogP contribution in [0.25, 0.3) is 23.1 Å². The number of hydrogen-bond donors (Lipinski definition) is 3. The van der Waals surface area contributed by atoms with Gasteiger partial charge in [-0.15, -0.1) is 11.3 Å². The Kier molecular flexibility index (Phi) is 4.85. The van der Waals surface area contributed by atoms with Crippen LogP contribution in [0.3, 0.4) is 0 Å². The maximum atomic E-state index is 11.0. The predicted octanol–water partition coefficient (Wildman–Crippen LogP) is 3.62. The molecule has 0 aliphatic heterocycles. The summed E-state index contributed by atoms with van der Waals surface area (Å²) in [5, 5.41) is 12.6. The number of nitrogens with one attached hydrogen (secondary N) is 2. The Morgan fingerprint density at radius 1 is 1.35 bits per heavy atom. The Bertz CT molecular complexity index is 835. The van der Waals surface area contributed by atoms with E-state index in [0.717, 1.165) is 28.2 Å². The molecule has 0 bridgehead atoms. The summed E-state index contributed by atoms with van der Waals surface area (Å²) in [5.74, 6) is -0.361. The number of hydroxylamine groups is 1. The lowest BCUT2D eigenvalue weighted by Crippen LogP contribution is -2.18. The number of aromatic amines is 1. The Morgan fingerprint density at radius 2 is 2.22 bits per heavy atom. The fourth-order valence-corrected chi connectivity index (χ4v) is 3.14. The fraction of sp³-hybridized carbons (Fsp3) is 0.176. The van der Waals surface area contributed by atoms with Gasteiger partial charge in [-0.2, -0.15) is 0 Å². The Morgan fingerprint density at radius 3 is 3.09 bits per heavy atom. The van der Waals surface area contributed by atoms with Crippen molar-refractivity contribution in [3.05, 3.63) is 52.1 Å². The summed E-state index contributed by atoms with van der Waals surface area (Å²) in [7, 11) is 0. The molecule has 23 heavy (non-hydrogen) atoms. The molecule has 118 valence electrons. The maximum absolute atomic E-state index is 11.0. The van der Waals surface area contributed by atoms with Gasteiger partial charge in [0, 0.05) is 28.9 Å². The Labute approximate surface area is 137 Å². The predicted molar refractivity (Wildman–Crippen MR) is 92.2 cm³/mol. The third-order valence-electron chi connectivity index (χ3n) is 3.56. The van der Waals surface area contributed by atoms with Gasteiger partial charge in [0.25, 0.3) is 0 Å².